The smallest absolute Gasteiger partial charge is 0.424 e. The third-order valence-corrected chi connectivity index (χ3v) is 6.84. The lowest BCUT2D eigenvalue weighted by molar-refractivity contribution is -0.0413. The molecule has 0 bridgehead atoms. The molecule has 6 nitrogen and oxygen atoms in total. The number of amides is 1. The lowest BCUT2D eigenvalue weighted by Crippen LogP contribution is -2.71. The van der Waals surface area contributed by atoms with Gasteiger partial charge in [-0.3, -0.25) is 0 Å². The fourth-order valence-corrected chi connectivity index (χ4v) is 5.06. The molecule has 1 heterocycles. The summed E-state index contributed by atoms with van der Waals surface area (Å²) >= 11 is 5.86. The van der Waals surface area contributed by atoms with Gasteiger partial charge >= 0.3 is 6.09 Å². The van der Waals surface area contributed by atoms with Gasteiger partial charge in [0.05, 0.1) is 10.9 Å². The maximum absolute atomic E-state index is 13.2. The zero-order valence-electron chi connectivity index (χ0n) is 14.6. The summed E-state index contributed by atoms with van der Waals surface area (Å²) in [6.45, 7) is 6.60. The fourth-order valence-electron chi connectivity index (χ4n) is 3.33. The van der Waals surface area contributed by atoms with Crippen LogP contribution in [0.5, 0.6) is 0 Å². The number of sulfonamides is 1. The molecule has 1 saturated heterocycles. The van der Waals surface area contributed by atoms with Crippen LogP contribution < -0.4 is 5.32 Å². The van der Waals surface area contributed by atoms with Crippen molar-refractivity contribution in [3.05, 3.63) is 29.3 Å². The van der Waals surface area contributed by atoms with Crippen LogP contribution in [0.4, 0.5) is 4.79 Å². The number of carbonyl (C=O) groups excluding carboxylic acids is 1. The number of nitrogens with one attached hydrogen (secondary N) is 1. The number of benzene rings is 1. The van der Waals surface area contributed by atoms with Crippen molar-refractivity contribution in [2.75, 3.05) is 13.1 Å². The maximum atomic E-state index is 13.2. The molecule has 1 aromatic rings. The molecule has 2 aliphatic rings. The fraction of sp³-hybridized carbons (Fsp3) is 0.588. The lowest BCUT2D eigenvalue weighted by Gasteiger charge is -2.58. The Morgan fingerprint density at radius 2 is 1.88 bits per heavy atom. The van der Waals surface area contributed by atoms with Crippen LogP contribution in [0.15, 0.2) is 29.2 Å². The highest BCUT2D eigenvalue weighted by Gasteiger charge is 2.58. The van der Waals surface area contributed by atoms with Crippen molar-refractivity contribution < 1.29 is 17.9 Å². The Bertz CT molecular complexity index is 761. The standard InChI is InChI=1S/C17H23ClN2O4S/c1-16(2,3)24-15(21)20(14-8-9-17(14)10-19-11-17)25(22,23)13-6-4-12(18)5-7-13/h4-7,14,19H,8-11H2,1-3H3. The van der Waals surface area contributed by atoms with Crippen molar-refractivity contribution in [1.29, 1.82) is 0 Å². The Hall–Kier alpha value is -1.31. The van der Waals surface area contributed by atoms with Crippen molar-refractivity contribution in [3.63, 3.8) is 0 Å². The molecular formula is C17H23ClN2O4S. The molecule has 1 saturated carbocycles. The molecule has 1 unspecified atom stereocenters. The van der Waals surface area contributed by atoms with Crippen LogP contribution >= 0.6 is 11.6 Å². The van der Waals surface area contributed by atoms with Crippen molar-refractivity contribution in [2.24, 2.45) is 5.41 Å². The van der Waals surface area contributed by atoms with Gasteiger partial charge in [-0.1, -0.05) is 11.6 Å². The Kier molecular flexibility index (Phi) is 4.54. The highest BCUT2D eigenvalue weighted by molar-refractivity contribution is 7.89. The van der Waals surface area contributed by atoms with Crippen molar-refractivity contribution in [3.8, 4) is 0 Å². The highest BCUT2D eigenvalue weighted by Crippen LogP contribution is 2.49. The number of ether oxygens (including phenoxy) is 1. The minimum Gasteiger partial charge on any atom is -0.443 e. The van der Waals surface area contributed by atoms with Crippen molar-refractivity contribution in [2.45, 2.75) is 50.2 Å². The van der Waals surface area contributed by atoms with Gasteiger partial charge in [-0.05, 0) is 57.9 Å². The van der Waals surface area contributed by atoms with E-state index in [0.29, 0.717) is 24.5 Å². The van der Waals surface area contributed by atoms with Gasteiger partial charge < -0.3 is 10.1 Å². The summed E-state index contributed by atoms with van der Waals surface area (Å²) < 4.78 is 32.8. The van der Waals surface area contributed by atoms with E-state index >= 15 is 0 Å². The summed E-state index contributed by atoms with van der Waals surface area (Å²) in [5, 5.41) is 3.62. The van der Waals surface area contributed by atoms with Crippen LogP contribution in [0.3, 0.4) is 0 Å². The summed E-state index contributed by atoms with van der Waals surface area (Å²) in [5.74, 6) is 0. The van der Waals surface area contributed by atoms with Gasteiger partial charge in [0.25, 0.3) is 10.0 Å². The number of rotatable bonds is 3. The summed E-state index contributed by atoms with van der Waals surface area (Å²) in [6.07, 6.45) is 0.729. The van der Waals surface area contributed by atoms with Gasteiger partial charge in [0.2, 0.25) is 0 Å². The zero-order valence-corrected chi connectivity index (χ0v) is 16.2. The first kappa shape index (κ1) is 18.5. The Morgan fingerprint density at radius 3 is 2.28 bits per heavy atom. The van der Waals surface area contributed by atoms with Crippen LogP contribution in [0, 0.1) is 5.41 Å². The van der Waals surface area contributed by atoms with Crippen LogP contribution in [-0.4, -0.2) is 43.5 Å². The Labute approximate surface area is 153 Å². The second kappa shape index (κ2) is 6.14. The molecule has 1 N–H and O–H groups in total. The largest absolute Gasteiger partial charge is 0.443 e. The Balaban J connectivity index is 1.98. The van der Waals surface area contributed by atoms with E-state index in [-0.39, 0.29) is 16.4 Å². The molecule has 1 aromatic carbocycles. The molecule has 3 rings (SSSR count). The first-order chi connectivity index (χ1) is 11.6. The van der Waals surface area contributed by atoms with Crippen LogP contribution in [-0.2, 0) is 14.8 Å². The van der Waals surface area contributed by atoms with Gasteiger partial charge in [0.1, 0.15) is 5.60 Å². The second-order valence-corrected chi connectivity index (χ2v) is 10.0. The van der Waals surface area contributed by atoms with E-state index in [0.717, 1.165) is 10.7 Å². The summed E-state index contributed by atoms with van der Waals surface area (Å²) in [4.78, 5) is 12.8. The third-order valence-electron chi connectivity index (χ3n) is 4.80. The van der Waals surface area contributed by atoms with E-state index in [2.05, 4.69) is 5.32 Å². The maximum Gasteiger partial charge on any atom is 0.424 e. The van der Waals surface area contributed by atoms with Crippen LogP contribution in [0.2, 0.25) is 5.02 Å². The summed E-state index contributed by atoms with van der Waals surface area (Å²) in [6, 6.07) is 5.45. The van der Waals surface area contributed by atoms with Crippen LogP contribution in [0.1, 0.15) is 33.6 Å². The van der Waals surface area contributed by atoms with Gasteiger partial charge in [-0.15, -0.1) is 0 Å². The van der Waals surface area contributed by atoms with Crippen molar-refractivity contribution in [1.82, 2.24) is 9.62 Å². The predicted octanol–water partition coefficient (Wildman–Crippen LogP) is 3.02. The quantitative estimate of drug-likeness (QED) is 0.864. The van der Waals surface area contributed by atoms with E-state index in [1.54, 1.807) is 20.8 Å². The number of halogens is 1. The topological polar surface area (TPSA) is 75.7 Å². The second-order valence-electron chi connectivity index (χ2n) is 7.76. The predicted molar refractivity (Wildman–Crippen MR) is 95.0 cm³/mol. The van der Waals surface area contributed by atoms with Crippen molar-refractivity contribution >= 4 is 27.7 Å². The van der Waals surface area contributed by atoms with Gasteiger partial charge in [0, 0.05) is 23.5 Å². The molecule has 0 radical (unpaired) electrons. The molecule has 25 heavy (non-hydrogen) atoms. The van der Waals surface area contributed by atoms with E-state index in [1.165, 1.54) is 24.3 Å². The highest BCUT2D eigenvalue weighted by atomic mass is 35.5. The number of carbonyl (C=O) groups is 1. The van der Waals surface area contributed by atoms with Crippen LogP contribution in [0.25, 0.3) is 0 Å². The third kappa shape index (κ3) is 3.37. The summed E-state index contributed by atoms with van der Waals surface area (Å²) in [5.41, 5.74) is -0.948. The van der Waals surface area contributed by atoms with Gasteiger partial charge in [-0.2, -0.15) is 4.31 Å². The monoisotopic (exact) mass is 386 g/mol. The molecule has 1 aliphatic carbocycles. The number of hydrogen-bond donors (Lipinski definition) is 1. The van der Waals surface area contributed by atoms with E-state index < -0.39 is 21.7 Å². The lowest BCUT2D eigenvalue weighted by atomic mass is 9.60. The molecule has 1 spiro atoms. The van der Waals surface area contributed by atoms with Gasteiger partial charge in [-0.25, -0.2) is 13.2 Å². The SMILES string of the molecule is CC(C)(C)OC(=O)N(C1CCC12CNC2)S(=O)(=O)c1ccc(Cl)cc1. The van der Waals surface area contributed by atoms with E-state index in [9.17, 15) is 13.2 Å². The molecule has 2 fully saturated rings. The van der Waals surface area contributed by atoms with E-state index in [4.69, 9.17) is 16.3 Å². The molecule has 1 amide bonds. The molecule has 8 heteroatoms. The minimum absolute atomic E-state index is 0.0390. The first-order valence-electron chi connectivity index (χ1n) is 8.29. The average Bonchev–Trinajstić information content (AvgIpc) is 2.39. The average molecular weight is 387 g/mol. The molecule has 0 aromatic heterocycles. The normalized spacial score (nSPS) is 22.0. The van der Waals surface area contributed by atoms with Gasteiger partial charge in [0.15, 0.2) is 0 Å². The minimum atomic E-state index is -4.02. The summed E-state index contributed by atoms with van der Waals surface area (Å²) in [7, 11) is -4.02. The number of hydrogen-bond acceptors (Lipinski definition) is 5. The Morgan fingerprint density at radius 1 is 1.28 bits per heavy atom. The molecular weight excluding hydrogens is 364 g/mol. The molecule has 138 valence electrons. The first-order valence-corrected chi connectivity index (χ1v) is 10.1. The zero-order chi connectivity index (χ0) is 18.5. The molecule has 1 atom stereocenters. The molecule has 1 aliphatic heterocycles. The number of nitrogens with zero attached hydrogens (tertiary/aromatic N) is 1. The van der Waals surface area contributed by atoms with E-state index in [1.807, 2.05) is 0 Å².